The Bertz CT molecular complexity index is 458. The summed E-state index contributed by atoms with van der Waals surface area (Å²) in [6, 6.07) is 0.139. The van der Waals surface area contributed by atoms with Gasteiger partial charge in [0.25, 0.3) is 0 Å². The van der Waals surface area contributed by atoms with Crippen molar-refractivity contribution < 1.29 is 0 Å². The van der Waals surface area contributed by atoms with Crippen LogP contribution in [0.4, 0.5) is 0 Å². The van der Waals surface area contributed by atoms with Gasteiger partial charge >= 0.3 is 0 Å². The molecular formula is C17H24N2. The van der Waals surface area contributed by atoms with Gasteiger partial charge in [-0.15, -0.1) is 0 Å². The molecule has 6 unspecified atom stereocenters. The summed E-state index contributed by atoms with van der Waals surface area (Å²) >= 11 is 0. The number of hydrogen-bond donors (Lipinski definition) is 2. The molecule has 102 valence electrons. The number of nitrogens with two attached hydrogens (primary N) is 2. The summed E-state index contributed by atoms with van der Waals surface area (Å²) in [6.07, 6.45) is 18.1. The Hall–Kier alpha value is -1.12. The Morgan fingerprint density at radius 1 is 1.00 bits per heavy atom. The topological polar surface area (TPSA) is 52.0 Å². The Morgan fingerprint density at radius 3 is 2.42 bits per heavy atom. The lowest BCUT2D eigenvalue weighted by Gasteiger charge is -2.48. The average molecular weight is 256 g/mol. The molecule has 0 radical (unpaired) electrons. The van der Waals surface area contributed by atoms with Gasteiger partial charge in [0, 0.05) is 18.0 Å². The van der Waals surface area contributed by atoms with E-state index < -0.39 is 0 Å². The van der Waals surface area contributed by atoms with Crippen molar-refractivity contribution in [2.24, 2.45) is 35.1 Å². The highest BCUT2D eigenvalue weighted by atomic mass is 14.8. The Balaban J connectivity index is 1.96. The first kappa shape index (κ1) is 12.9. The minimum Gasteiger partial charge on any atom is -0.326 e. The van der Waals surface area contributed by atoms with Crippen molar-refractivity contribution in [2.45, 2.75) is 31.8 Å². The van der Waals surface area contributed by atoms with Crippen LogP contribution < -0.4 is 11.5 Å². The van der Waals surface area contributed by atoms with E-state index in [1.165, 1.54) is 5.57 Å². The molecule has 6 atom stereocenters. The molecule has 0 heterocycles. The van der Waals surface area contributed by atoms with Crippen LogP contribution in [0.25, 0.3) is 0 Å². The van der Waals surface area contributed by atoms with Crippen LogP contribution in [0, 0.1) is 23.7 Å². The third-order valence-electron chi connectivity index (χ3n) is 5.12. The van der Waals surface area contributed by atoms with Crippen molar-refractivity contribution in [3.63, 3.8) is 0 Å². The number of fused-ring (bicyclic) bond motifs is 1. The summed E-state index contributed by atoms with van der Waals surface area (Å²) in [4.78, 5) is 0. The van der Waals surface area contributed by atoms with E-state index in [4.69, 9.17) is 11.5 Å². The van der Waals surface area contributed by atoms with Gasteiger partial charge in [-0.1, -0.05) is 49.5 Å². The molecule has 0 spiro atoms. The van der Waals surface area contributed by atoms with Crippen LogP contribution in [-0.4, -0.2) is 12.1 Å². The molecule has 1 fully saturated rings. The predicted molar refractivity (Wildman–Crippen MR) is 80.3 cm³/mol. The van der Waals surface area contributed by atoms with E-state index in [0.717, 1.165) is 12.8 Å². The zero-order valence-corrected chi connectivity index (χ0v) is 11.6. The molecular weight excluding hydrogens is 232 g/mol. The minimum absolute atomic E-state index is 0.0569. The largest absolute Gasteiger partial charge is 0.326 e. The summed E-state index contributed by atoms with van der Waals surface area (Å²) in [6.45, 7) is 2.24. The molecule has 3 aliphatic carbocycles. The van der Waals surface area contributed by atoms with E-state index in [1.807, 2.05) is 0 Å². The summed E-state index contributed by atoms with van der Waals surface area (Å²) in [5.74, 6) is 1.85. The van der Waals surface area contributed by atoms with Crippen LogP contribution in [0.2, 0.25) is 0 Å². The van der Waals surface area contributed by atoms with Gasteiger partial charge in [0.15, 0.2) is 0 Å². The lowest BCUT2D eigenvalue weighted by molar-refractivity contribution is 0.138. The Labute approximate surface area is 115 Å². The van der Waals surface area contributed by atoms with Gasteiger partial charge in [-0.05, 0) is 36.2 Å². The number of allylic oxidation sites excluding steroid dienone is 7. The van der Waals surface area contributed by atoms with E-state index in [-0.39, 0.29) is 12.1 Å². The van der Waals surface area contributed by atoms with Crippen molar-refractivity contribution in [3.8, 4) is 0 Å². The maximum absolute atomic E-state index is 6.49. The lowest BCUT2D eigenvalue weighted by atomic mass is 9.59. The molecule has 2 heteroatoms. The smallest absolute Gasteiger partial charge is 0.0270 e. The van der Waals surface area contributed by atoms with Crippen molar-refractivity contribution in [3.05, 3.63) is 48.1 Å². The highest BCUT2D eigenvalue weighted by Crippen LogP contribution is 2.44. The first-order valence-electron chi connectivity index (χ1n) is 7.43. The van der Waals surface area contributed by atoms with Crippen LogP contribution in [0.15, 0.2) is 48.1 Å². The zero-order valence-electron chi connectivity index (χ0n) is 11.6. The monoisotopic (exact) mass is 256 g/mol. The van der Waals surface area contributed by atoms with Crippen LogP contribution in [0.3, 0.4) is 0 Å². The van der Waals surface area contributed by atoms with Crippen LogP contribution >= 0.6 is 0 Å². The molecule has 0 bridgehead atoms. The van der Waals surface area contributed by atoms with Gasteiger partial charge in [0.05, 0.1) is 0 Å². The standard InChI is InChI=1S/C17H24N2/c1-11-13-9-5-6-10-14(13)15(17(19)16(11)18)12-7-3-2-4-8-12/h3,5-11,13-17H,2,4,18-19H2,1H3. The van der Waals surface area contributed by atoms with E-state index in [0.29, 0.717) is 23.7 Å². The zero-order chi connectivity index (χ0) is 13.4. The second-order valence-electron chi connectivity index (χ2n) is 6.15. The van der Waals surface area contributed by atoms with Gasteiger partial charge in [0.2, 0.25) is 0 Å². The highest BCUT2D eigenvalue weighted by Gasteiger charge is 2.45. The molecule has 1 saturated carbocycles. The fourth-order valence-corrected chi connectivity index (χ4v) is 3.95. The minimum atomic E-state index is 0.0569. The Morgan fingerprint density at radius 2 is 1.74 bits per heavy atom. The Kier molecular flexibility index (Phi) is 3.46. The van der Waals surface area contributed by atoms with Gasteiger partial charge in [0.1, 0.15) is 0 Å². The molecule has 0 saturated heterocycles. The van der Waals surface area contributed by atoms with Crippen LogP contribution in [0.1, 0.15) is 19.8 Å². The van der Waals surface area contributed by atoms with E-state index >= 15 is 0 Å². The van der Waals surface area contributed by atoms with Crippen LogP contribution in [-0.2, 0) is 0 Å². The van der Waals surface area contributed by atoms with Crippen molar-refractivity contribution in [2.75, 3.05) is 0 Å². The molecule has 0 amide bonds. The second kappa shape index (κ2) is 5.10. The van der Waals surface area contributed by atoms with Gasteiger partial charge < -0.3 is 11.5 Å². The molecule has 0 aromatic rings. The van der Waals surface area contributed by atoms with Crippen LogP contribution in [0.5, 0.6) is 0 Å². The molecule has 4 N–H and O–H groups in total. The fourth-order valence-electron chi connectivity index (χ4n) is 3.95. The summed E-state index contributed by atoms with van der Waals surface area (Å²) in [5.41, 5.74) is 14.3. The molecule has 0 aliphatic heterocycles. The number of rotatable bonds is 1. The normalized spacial score (nSPS) is 44.9. The molecule has 0 aromatic heterocycles. The first-order chi connectivity index (χ1) is 9.20. The summed E-state index contributed by atoms with van der Waals surface area (Å²) in [7, 11) is 0. The van der Waals surface area contributed by atoms with Gasteiger partial charge in [-0.25, -0.2) is 0 Å². The molecule has 2 nitrogen and oxygen atoms in total. The lowest BCUT2D eigenvalue weighted by Crippen LogP contribution is -2.59. The predicted octanol–water partition coefficient (Wildman–Crippen LogP) is 2.54. The second-order valence-corrected chi connectivity index (χ2v) is 6.15. The van der Waals surface area contributed by atoms with Gasteiger partial charge in [-0.2, -0.15) is 0 Å². The SMILES string of the molecule is CC1C(N)C(N)C(C2=CCCC=C2)C2C=CC=CC12. The first-order valence-corrected chi connectivity index (χ1v) is 7.43. The van der Waals surface area contributed by atoms with Crippen molar-refractivity contribution in [1.29, 1.82) is 0 Å². The average Bonchev–Trinajstić information content (AvgIpc) is 2.46. The van der Waals surface area contributed by atoms with E-state index in [9.17, 15) is 0 Å². The third kappa shape index (κ3) is 2.13. The molecule has 3 rings (SSSR count). The maximum Gasteiger partial charge on any atom is 0.0270 e. The molecule has 3 aliphatic rings. The van der Waals surface area contributed by atoms with Crippen molar-refractivity contribution in [1.82, 2.24) is 0 Å². The van der Waals surface area contributed by atoms with Crippen molar-refractivity contribution >= 4 is 0 Å². The molecule has 19 heavy (non-hydrogen) atoms. The number of hydrogen-bond acceptors (Lipinski definition) is 2. The highest BCUT2D eigenvalue weighted by molar-refractivity contribution is 5.33. The van der Waals surface area contributed by atoms with E-state index in [2.05, 4.69) is 49.5 Å². The maximum atomic E-state index is 6.49. The third-order valence-corrected chi connectivity index (χ3v) is 5.12. The summed E-state index contributed by atoms with van der Waals surface area (Å²) in [5, 5.41) is 0. The quantitative estimate of drug-likeness (QED) is 0.757. The molecule has 0 aromatic carbocycles. The van der Waals surface area contributed by atoms with Gasteiger partial charge in [-0.3, -0.25) is 0 Å². The summed E-state index contributed by atoms with van der Waals surface area (Å²) < 4.78 is 0. The fraction of sp³-hybridized carbons (Fsp3) is 0.529. The van der Waals surface area contributed by atoms with E-state index in [1.54, 1.807) is 0 Å².